The van der Waals surface area contributed by atoms with Crippen LogP contribution in [0.2, 0.25) is 5.02 Å². The molecule has 0 unspecified atom stereocenters. The van der Waals surface area contributed by atoms with E-state index in [2.05, 4.69) is 20.9 Å². The molecule has 2 rings (SSSR count). The SMILES string of the molecule is CCOC(=O)c1ccc(C(=O)N(C)c2ccc(Br)cc2Cl)nc1C. The van der Waals surface area contributed by atoms with Crippen LogP contribution >= 0.6 is 27.5 Å². The number of hydrogen-bond donors (Lipinski definition) is 0. The van der Waals surface area contributed by atoms with Crippen LogP contribution in [0.5, 0.6) is 0 Å². The summed E-state index contributed by atoms with van der Waals surface area (Å²) in [4.78, 5) is 30.1. The van der Waals surface area contributed by atoms with Crippen molar-refractivity contribution in [2.24, 2.45) is 0 Å². The standard InChI is InChI=1S/C17H16BrClN2O3/c1-4-24-17(23)12-6-7-14(20-10(12)2)16(22)21(3)15-8-5-11(18)9-13(15)19/h5-9H,4H2,1-3H3. The molecule has 0 saturated heterocycles. The summed E-state index contributed by atoms with van der Waals surface area (Å²) in [7, 11) is 1.62. The molecule has 0 radical (unpaired) electrons. The lowest BCUT2D eigenvalue weighted by Crippen LogP contribution is -2.27. The van der Waals surface area contributed by atoms with Gasteiger partial charge in [-0.3, -0.25) is 4.79 Å². The molecule has 0 spiro atoms. The lowest BCUT2D eigenvalue weighted by molar-refractivity contribution is 0.0524. The van der Waals surface area contributed by atoms with E-state index in [4.69, 9.17) is 16.3 Å². The molecule has 1 amide bonds. The van der Waals surface area contributed by atoms with E-state index in [1.165, 1.54) is 11.0 Å². The van der Waals surface area contributed by atoms with Gasteiger partial charge in [0.25, 0.3) is 5.91 Å². The summed E-state index contributed by atoms with van der Waals surface area (Å²) >= 11 is 9.51. The molecule has 0 saturated carbocycles. The maximum atomic E-state index is 12.6. The molecule has 0 aliphatic rings. The first kappa shape index (κ1) is 18.4. The van der Waals surface area contributed by atoms with Gasteiger partial charge < -0.3 is 9.64 Å². The van der Waals surface area contributed by atoms with Crippen molar-refractivity contribution in [2.45, 2.75) is 13.8 Å². The number of ether oxygens (including phenoxy) is 1. The van der Waals surface area contributed by atoms with Gasteiger partial charge in [-0.2, -0.15) is 0 Å². The fraction of sp³-hybridized carbons (Fsp3) is 0.235. The van der Waals surface area contributed by atoms with Crippen molar-refractivity contribution in [1.29, 1.82) is 0 Å². The molecule has 7 heteroatoms. The highest BCUT2D eigenvalue weighted by Gasteiger charge is 2.19. The summed E-state index contributed by atoms with van der Waals surface area (Å²) in [5.41, 5.74) is 1.58. The molecule has 0 bridgehead atoms. The van der Waals surface area contributed by atoms with Crippen LogP contribution in [0.15, 0.2) is 34.8 Å². The van der Waals surface area contributed by atoms with Gasteiger partial charge in [-0.25, -0.2) is 9.78 Å². The monoisotopic (exact) mass is 410 g/mol. The minimum atomic E-state index is -0.453. The number of aryl methyl sites for hydroxylation is 1. The molecule has 0 aliphatic heterocycles. The second-order valence-corrected chi connectivity index (χ2v) is 6.33. The van der Waals surface area contributed by atoms with E-state index in [0.29, 0.717) is 22.0 Å². The Balaban J connectivity index is 2.29. The number of halogens is 2. The van der Waals surface area contributed by atoms with Crippen molar-refractivity contribution >= 4 is 45.1 Å². The molecule has 24 heavy (non-hydrogen) atoms. The third-order valence-corrected chi connectivity index (χ3v) is 4.17. The van der Waals surface area contributed by atoms with Crippen LogP contribution in [-0.2, 0) is 4.74 Å². The molecule has 0 atom stereocenters. The third-order valence-electron chi connectivity index (χ3n) is 3.38. The second kappa shape index (κ2) is 7.77. The quantitative estimate of drug-likeness (QED) is 0.705. The van der Waals surface area contributed by atoms with Gasteiger partial charge in [-0.05, 0) is 44.2 Å². The molecule has 0 aliphatic carbocycles. The molecular weight excluding hydrogens is 396 g/mol. The number of anilines is 1. The maximum absolute atomic E-state index is 12.6. The summed E-state index contributed by atoms with van der Waals surface area (Å²) in [5, 5.41) is 0.445. The summed E-state index contributed by atoms with van der Waals surface area (Å²) in [6, 6.07) is 8.30. The van der Waals surface area contributed by atoms with Gasteiger partial charge in [0.05, 0.1) is 28.6 Å². The van der Waals surface area contributed by atoms with E-state index in [1.807, 2.05) is 0 Å². The van der Waals surface area contributed by atoms with Crippen molar-refractivity contribution in [3.63, 3.8) is 0 Å². The highest BCUT2D eigenvalue weighted by atomic mass is 79.9. The number of benzene rings is 1. The summed E-state index contributed by atoms with van der Waals surface area (Å²) in [5.74, 6) is -0.775. The van der Waals surface area contributed by atoms with E-state index in [-0.39, 0.29) is 18.2 Å². The average Bonchev–Trinajstić information content (AvgIpc) is 2.53. The fourth-order valence-electron chi connectivity index (χ4n) is 2.14. The highest BCUT2D eigenvalue weighted by molar-refractivity contribution is 9.10. The zero-order valence-electron chi connectivity index (χ0n) is 13.5. The fourth-order valence-corrected chi connectivity index (χ4v) is 2.94. The maximum Gasteiger partial charge on any atom is 0.339 e. The van der Waals surface area contributed by atoms with Crippen molar-refractivity contribution in [3.05, 3.63) is 56.8 Å². The zero-order chi connectivity index (χ0) is 17.9. The Morgan fingerprint density at radius 3 is 2.58 bits per heavy atom. The summed E-state index contributed by atoms with van der Waals surface area (Å²) in [6.07, 6.45) is 0. The van der Waals surface area contributed by atoms with Gasteiger partial charge in [-0.15, -0.1) is 0 Å². The number of carbonyl (C=O) groups is 2. The van der Waals surface area contributed by atoms with Crippen molar-refractivity contribution < 1.29 is 14.3 Å². The molecule has 1 aromatic carbocycles. The molecule has 126 valence electrons. The van der Waals surface area contributed by atoms with Gasteiger partial charge in [0.1, 0.15) is 5.69 Å². The number of hydrogen-bond acceptors (Lipinski definition) is 4. The highest BCUT2D eigenvalue weighted by Crippen LogP contribution is 2.29. The first-order valence-electron chi connectivity index (χ1n) is 7.23. The Morgan fingerprint density at radius 2 is 2.00 bits per heavy atom. The van der Waals surface area contributed by atoms with Crippen LogP contribution in [0, 0.1) is 6.92 Å². The predicted molar refractivity (Wildman–Crippen MR) is 96.8 cm³/mol. The second-order valence-electron chi connectivity index (χ2n) is 5.01. The first-order chi connectivity index (χ1) is 11.3. The zero-order valence-corrected chi connectivity index (χ0v) is 15.8. The van der Waals surface area contributed by atoms with Gasteiger partial charge in [0.15, 0.2) is 0 Å². The third kappa shape index (κ3) is 3.94. The number of pyridine rings is 1. The van der Waals surface area contributed by atoms with E-state index in [0.717, 1.165) is 4.47 Å². The Kier molecular flexibility index (Phi) is 5.96. The first-order valence-corrected chi connectivity index (χ1v) is 8.40. The number of rotatable bonds is 4. The number of aromatic nitrogens is 1. The lowest BCUT2D eigenvalue weighted by Gasteiger charge is -2.19. The minimum Gasteiger partial charge on any atom is -0.462 e. The number of esters is 1. The minimum absolute atomic E-state index is 0.224. The van der Waals surface area contributed by atoms with Crippen LogP contribution in [0.1, 0.15) is 33.5 Å². The summed E-state index contributed by atoms with van der Waals surface area (Å²) in [6.45, 7) is 3.68. The van der Waals surface area contributed by atoms with Crippen LogP contribution in [-0.4, -0.2) is 30.5 Å². The molecule has 0 N–H and O–H groups in total. The van der Waals surface area contributed by atoms with Gasteiger partial charge >= 0.3 is 5.97 Å². The van der Waals surface area contributed by atoms with E-state index >= 15 is 0 Å². The van der Waals surface area contributed by atoms with Crippen LogP contribution in [0.4, 0.5) is 5.69 Å². The smallest absolute Gasteiger partial charge is 0.339 e. The van der Waals surface area contributed by atoms with E-state index in [1.54, 1.807) is 45.2 Å². The molecule has 0 fully saturated rings. The van der Waals surface area contributed by atoms with Gasteiger partial charge in [0, 0.05) is 11.5 Å². The Bertz CT molecular complexity index is 795. The van der Waals surface area contributed by atoms with E-state index < -0.39 is 5.97 Å². The number of nitrogens with zero attached hydrogens (tertiary/aromatic N) is 2. The van der Waals surface area contributed by atoms with Crippen LogP contribution < -0.4 is 4.90 Å². The van der Waals surface area contributed by atoms with Crippen LogP contribution in [0.25, 0.3) is 0 Å². The Hall–Kier alpha value is -1.92. The topological polar surface area (TPSA) is 59.5 Å². The van der Waals surface area contributed by atoms with Gasteiger partial charge in [-0.1, -0.05) is 27.5 Å². The Morgan fingerprint density at radius 1 is 1.29 bits per heavy atom. The van der Waals surface area contributed by atoms with Crippen molar-refractivity contribution in [1.82, 2.24) is 4.98 Å². The largest absolute Gasteiger partial charge is 0.462 e. The summed E-state index contributed by atoms with van der Waals surface area (Å²) < 4.78 is 5.78. The lowest BCUT2D eigenvalue weighted by atomic mass is 10.1. The van der Waals surface area contributed by atoms with E-state index in [9.17, 15) is 9.59 Å². The normalized spacial score (nSPS) is 10.4. The number of amides is 1. The molecule has 1 heterocycles. The number of carbonyl (C=O) groups excluding carboxylic acids is 2. The molecule has 2 aromatic rings. The van der Waals surface area contributed by atoms with Crippen molar-refractivity contribution in [2.75, 3.05) is 18.6 Å². The van der Waals surface area contributed by atoms with Crippen LogP contribution in [0.3, 0.4) is 0 Å². The van der Waals surface area contributed by atoms with Crippen molar-refractivity contribution in [3.8, 4) is 0 Å². The predicted octanol–water partition coefficient (Wildman–Crippen LogP) is 4.26. The Labute approximate surface area is 153 Å². The molecule has 1 aromatic heterocycles. The average molecular weight is 412 g/mol. The molecular formula is C17H16BrClN2O3. The molecule has 5 nitrogen and oxygen atoms in total. The van der Waals surface area contributed by atoms with Gasteiger partial charge in [0.2, 0.25) is 0 Å².